The zero-order valence-electron chi connectivity index (χ0n) is 8.18. The summed E-state index contributed by atoms with van der Waals surface area (Å²) in [7, 11) is 0. The van der Waals surface area contributed by atoms with Crippen LogP contribution in [-0.2, 0) is 4.79 Å². The Kier molecular flexibility index (Phi) is 2.52. The average molecular weight is 245 g/mol. The summed E-state index contributed by atoms with van der Waals surface area (Å²) in [5.41, 5.74) is 0.0185. The van der Waals surface area contributed by atoms with E-state index in [-0.39, 0.29) is 10.2 Å². The van der Waals surface area contributed by atoms with Crippen molar-refractivity contribution in [2.24, 2.45) is 11.3 Å². The highest BCUT2D eigenvalue weighted by Gasteiger charge is 2.47. The SMILES string of the molecule is C[C@]12CCCC[C@H]1CC[C@H](Br)C2=O. The molecule has 0 spiro atoms. The fourth-order valence-electron chi connectivity index (χ4n) is 3.03. The minimum Gasteiger partial charge on any atom is -0.298 e. The number of fused-ring (bicyclic) bond motifs is 1. The Morgan fingerprint density at radius 2 is 2.08 bits per heavy atom. The molecule has 0 aromatic heterocycles. The molecule has 2 rings (SSSR count). The van der Waals surface area contributed by atoms with Gasteiger partial charge in [-0.25, -0.2) is 0 Å². The standard InChI is InChI=1S/C11H17BrO/c1-11-7-3-2-4-8(11)5-6-9(12)10(11)13/h8-9H,2-7H2,1H3/t8-,9-,11-/m0/s1. The second kappa shape index (κ2) is 3.38. The molecule has 0 N–H and O–H groups in total. The third-order valence-electron chi connectivity index (χ3n) is 4.02. The Labute approximate surface area is 88.4 Å². The lowest BCUT2D eigenvalue weighted by molar-refractivity contribution is -0.135. The summed E-state index contributed by atoms with van der Waals surface area (Å²) < 4.78 is 0. The van der Waals surface area contributed by atoms with Crippen LogP contribution in [0.2, 0.25) is 0 Å². The van der Waals surface area contributed by atoms with E-state index in [1.165, 1.54) is 25.7 Å². The molecule has 2 fully saturated rings. The van der Waals surface area contributed by atoms with Gasteiger partial charge >= 0.3 is 0 Å². The summed E-state index contributed by atoms with van der Waals surface area (Å²) in [5.74, 6) is 1.16. The number of hydrogen-bond donors (Lipinski definition) is 0. The van der Waals surface area contributed by atoms with Crippen LogP contribution in [0.4, 0.5) is 0 Å². The molecule has 0 amide bonds. The van der Waals surface area contributed by atoms with Crippen molar-refractivity contribution >= 4 is 21.7 Å². The predicted octanol–water partition coefficient (Wildman–Crippen LogP) is 3.31. The summed E-state index contributed by atoms with van der Waals surface area (Å²) in [6, 6.07) is 0. The van der Waals surface area contributed by atoms with Crippen molar-refractivity contribution in [3.63, 3.8) is 0 Å². The smallest absolute Gasteiger partial charge is 0.152 e. The molecular formula is C11H17BrO. The van der Waals surface area contributed by atoms with Gasteiger partial charge < -0.3 is 0 Å². The molecule has 0 heterocycles. The maximum atomic E-state index is 12.0. The molecule has 1 nitrogen and oxygen atoms in total. The number of hydrogen-bond acceptors (Lipinski definition) is 1. The van der Waals surface area contributed by atoms with Crippen molar-refractivity contribution in [3.8, 4) is 0 Å². The number of carbonyl (C=O) groups is 1. The van der Waals surface area contributed by atoms with Crippen molar-refractivity contribution in [2.45, 2.75) is 50.3 Å². The van der Waals surface area contributed by atoms with E-state index in [4.69, 9.17) is 0 Å². The number of ketones is 1. The molecule has 74 valence electrons. The molecular weight excluding hydrogens is 228 g/mol. The van der Waals surface area contributed by atoms with Gasteiger partial charge in [0.25, 0.3) is 0 Å². The first-order chi connectivity index (χ1) is 6.14. The minimum absolute atomic E-state index is 0.0185. The molecule has 0 aromatic carbocycles. The quantitative estimate of drug-likeness (QED) is 0.598. The van der Waals surface area contributed by atoms with E-state index in [9.17, 15) is 4.79 Å². The van der Waals surface area contributed by atoms with Crippen molar-refractivity contribution in [3.05, 3.63) is 0 Å². The largest absolute Gasteiger partial charge is 0.298 e. The van der Waals surface area contributed by atoms with Crippen LogP contribution >= 0.6 is 15.9 Å². The third kappa shape index (κ3) is 1.47. The lowest BCUT2D eigenvalue weighted by atomic mass is 9.60. The van der Waals surface area contributed by atoms with Gasteiger partial charge in [0.2, 0.25) is 0 Å². The van der Waals surface area contributed by atoms with E-state index >= 15 is 0 Å². The molecule has 2 saturated carbocycles. The Bertz CT molecular complexity index is 226. The van der Waals surface area contributed by atoms with Crippen molar-refractivity contribution in [2.75, 3.05) is 0 Å². The molecule has 0 bridgehead atoms. The third-order valence-corrected chi connectivity index (χ3v) is 4.89. The molecule has 0 aliphatic heterocycles. The van der Waals surface area contributed by atoms with Gasteiger partial charge in [0.1, 0.15) is 0 Å². The van der Waals surface area contributed by atoms with Crippen LogP contribution in [0.5, 0.6) is 0 Å². The van der Waals surface area contributed by atoms with Crippen LogP contribution in [0, 0.1) is 11.3 Å². The number of halogens is 1. The second-order valence-corrected chi connectivity index (χ2v) is 5.87. The number of Topliss-reactive ketones (excluding diaryl/α,β-unsaturated/α-hetero) is 1. The Balaban J connectivity index is 2.22. The monoisotopic (exact) mass is 244 g/mol. The maximum absolute atomic E-state index is 12.0. The first-order valence-corrected chi connectivity index (χ1v) is 6.24. The molecule has 2 heteroatoms. The van der Waals surface area contributed by atoms with Gasteiger partial charge in [0.15, 0.2) is 5.78 Å². The number of carbonyl (C=O) groups excluding carboxylic acids is 1. The molecule has 0 aromatic rings. The number of alkyl halides is 1. The summed E-state index contributed by atoms with van der Waals surface area (Å²) >= 11 is 3.50. The van der Waals surface area contributed by atoms with Crippen LogP contribution in [0.1, 0.15) is 45.4 Å². The highest BCUT2D eigenvalue weighted by Crippen LogP contribution is 2.49. The van der Waals surface area contributed by atoms with Gasteiger partial charge in [-0.1, -0.05) is 35.7 Å². The summed E-state index contributed by atoms with van der Waals surface area (Å²) in [6.07, 6.45) is 7.29. The van der Waals surface area contributed by atoms with Crippen LogP contribution in [0.3, 0.4) is 0 Å². The maximum Gasteiger partial charge on any atom is 0.152 e. The predicted molar refractivity (Wildman–Crippen MR) is 57.0 cm³/mol. The topological polar surface area (TPSA) is 17.1 Å². The Morgan fingerprint density at radius 3 is 2.85 bits per heavy atom. The highest BCUT2D eigenvalue weighted by atomic mass is 79.9. The van der Waals surface area contributed by atoms with E-state index in [1.54, 1.807) is 0 Å². The summed E-state index contributed by atoms with van der Waals surface area (Å²) in [5, 5.41) is 0. The lowest BCUT2D eigenvalue weighted by Crippen LogP contribution is -2.46. The normalized spacial score (nSPS) is 45.8. The van der Waals surface area contributed by atoms with Gasteiger partial charge in [0.05, 0.1) is 4.83 Å². The highest BCUT2D eigenvalue weighted by molar-refractivity contribution is 9.10. The van der Waals surface area contributed by atoms with E-state index < -0.39 is 0 Å². The summed E-state index contributed by atoms with van der Waals surface area (Å²) in [6.45, 7) is 2.19. The molecule has 2 aliphatic carbocycles. The fourth-order valence-corrected chi connectivity index (χ4v) is 3.82. The summed E-state index contributed by atoms with van der Waals surface area (Å²) in [4.78, 5) is 12.2. The van der Waals surface area contributed by atoms with Crippen LogP contribution < -0.4 is 0 Å². The molecule has 13 heavy (non-hydrogen) atoms. The van der Waals surface area contributed by atoms with Crippen LogP contribution in [0.15, 0.2) is 0 Å². The molecule has 0 radical (unpaired) electrons. The molecule has 3 atom stereocenters. The van der Waals surface area contributed by atoms with Crippen LogP contribution in [0.25, 0.3) is 0 Å². The van der Waals surface area contributed by atoms with Gasteiger partial charge in [0, 0.05) is 5.41 Å². The van der Waals surface area contributed by atoms with Gasteiger partial charge in [-0.15, -0.1) is 0 Å². The van der Waals surface area contributed by atoms with E-state index in [0.29, 0.717) is 11.7 Å². The Hall–Kier alpha value is 0.150. The van der Waals surface area contributed by atoms with E-state index in [2.05, 4.69) is 22.9 Å². The molecule has 0 saturated heterocycles. The fraction of sp³-hybridized carbons (Fsp3) is 0.909. The Morgan fingerprint density at radius 1 is 1.31 bits per heavy atom. The van der Waals surface area contributed by atoms with Crippen molar-refractivity contribution in [1.82, 2.24) is 0 Å². The van der Waals surface area contributed by atoms with Crippen molar-refractivity contribution in [1.29, 1.82) is 0 Å². The lowest BCUT2D eigenvalue weighted by Gasteiger charge is -2.45. The van der Waals surface area contributed by atoms with E-state index in [0.717, 1.165) is 12.8 Å². The molecule has 2 aliphatic rings. The minimum atomic E-state index is 0.0185. The van der Waals surface area contributed by atoms with Gasteiger partial charge in [-0.05, 0) is 31.6 Å². The van der Waals surface area contributed by atoms with Crippen LogP contribution in [-0.4, -0.2) is 10.6 Å². The van der Waals surface area contributed by atoms with Crippen molar-refractivity contribution < 1.29 is 4.79 Å². The second-order valence-electron chi connectivity index (χ2n) is 4.77. The number of rotatable bonds is 0. The zero-order valence-corrected chi connectivity index (χ0v) is 9.77. The zero-order chi connectivity index (χ0) is 9.47. The molecule has 0 unspecified atom stereocenters. The van der Waals surface area contributed by atoms with Gasteiger partial charge in [-0.2, -0.15) is 0 Å². The average Bonchev–Trinajstić information content (AvgIpc) is 2.13. The van der Waals surface area contributed by atoms with E-state index in [1.807, 2.05) is 0 Å². The first kappa shape index (κ1) is 9.70. The van der Waals surface area contributed by atoms with Gasteiger partial charge in [-0.3, -0.25) is 4.79 Å². The first-order valence-electron chi connectivity index (χ1n) is 5.33.